The Labute approximate surface area is 131 Å². The van der Waals surface area contributed by atoms with Gasteiger partial charge in [0, 0.05) is 17.8 Å². The average molecular weight is 315 g/mol. The van der Waals surface area contributed by atoms with Crippen LogP contribution in [-0.2, 0) is 11.3 Å². The van der Waals surface area contributed by atoms with Crippen molar-refractivity contribution in [2.24, 2.45) is 0 Å². The number of nitrogens with zero attached hydrogens (tertiary/aromatic N) is 2. The summed E-state index contributed by atoms with van der Waals surface area (Å²) in [4.78, 5) is 16.1. The van der Waals surface area contributed by atoms with E-state index in [1.54, 1.807) is 0 Å². The molecule has 0 fully saturated rings. The number of carbonyl (C=O) groups excluding carboxylic acids is 1. The van der Waals surface area contributed by atoms with E-state index >= 15 is 0 Å². The molecule has 1 aromatic heterocycles. The molecule has 0 aliphatic carbocycles. The van der Waals surface area contributed by atoms with Gasteiger partial charge in [-0.3, -0.25) is 4.79 Å². The zero-order valence-electron chi connectivity index (χ0n) is 12.7. The minimum Gasteiger partial charge on any atom is -0.325 e. The Balaban J connectivity index is 1.80. The molecular formula is C17H15F2N3O. The minimum absolute atomic E-state index is 0.0332. The van der Waals surface area contributed by atoms with Gasteiger partial charge >= 0.3 is 0 Å². The van der Waals surface area contributed by atoms with E-state index in [-0.39, 0.29) is 12.5 Å². The molecule has 0 saturated carbocycles. The van der Waals surface area contributed by atoms with Crippen LogP contribution in [0.15, 0.2) is 36.7 Å². The number of hydrogen-bond acceptors (Lipinski definition) is 2. The van der Waals surface area contributed by atoms with Crippen molar-refractivity contribution in [1.82, 2.24) is 9.55 Å². The van der Waals surface area contributed by atoms with E-state index in [1.807, 2.05) is 32.0 Å². The lowest BCUT2D eigenvalue weighted by Crippen LogP contribution is -2.18. The van der Waals surface area contributed by atoms with Gasteiger partial charge in [-0.1, -0.05) is 6.07 Å². The zero-order valence-corrected chi connectivity index (χ0v) is 12.7. The summed E-state index contributed by atoms with van der Waals surface area (Å²) in [6.07, 6.45) is 1.39. The maximum atomic E-state index is 13.4. The Morgan fingerprint density at radius 3 is 2.61 bits per heavy atom. The number of imidazole rings is 1. The van der Waals surface area contributed by atoms with E-state index in [0.717, 1.165) is 23.3 Å². The predicted octanol–water partition coefficient (Wildman–Crippen LogP) is 3.57. The first-order valence-corrected chi connectivity index (χ1v) is 7.11. The van der Waals surface area contributed by atoms with Crippen LogP contribution in [0.1, 0.15) is 11.1 Å². The van der Waals surface area contributed by atoms with E-state index in [1.165, 1.54) is 10.9 Å². The summed E-state index contributed by atoms with van der Waals surface area (Å²) in [5, 5.41) is 2.78. The third-order valence-corrected chi connectivity index (χ3v) is 3.77. The van der Waals surface area contributed by atoms with Crippen molar-refractivity contribution in [1.29, 1.82) is 0 Å². The summed E-state index contributed by atoms with van der Waals surface area (Å²) < 4.78 is 28.0. The molecule has 23 heavy (non-hydrogen) atoms. The van der Waals surface area contributed by atoms with Crippen molar-refractivity contribution < 1.29 is 13.6 Å². The molecule has 0 saturated heterocycles. The van der Waals surface area contributed by atoms with Crippen LogP contribution >= 0.6 is 0 Å². The Morgan fingerprint density at radius 2 is 1.87 bits per heavy atom. The Kier molecular flexibility index (Phi) is 3.82. The van der Waals surface area contributed by atoms with E-state index in [0.29, 0.717) is 16.7 Å². The second-order valence-electron chi connectivity index (χ2n) is 5.47. The second kappa shape index (κ2) is 5.79. The summed E-state index contributed by atoms with van der Waals surface area (Å²) in [6.45, 7) is 3.92. The molecule has 6 heteroatoms. The average Bonchev–Trinajstić information content (AvgIpc) is 2.86. The molecule has 0 spiro atoms. The first-order valence-electron chi connectivity index (χ1n) is 7.11. The quantitative estimate of drug-likeness (QED) is 0.803. The van der Waals surface area contributed by atoms with Crippen LogP contribution in [0.25, 0.3) is 11.0 Å². The molecule has 3 rings (SSSR count). The van der Waals surface area contributed by atoms with Gasteiger partial charge in [-0.15, -0.1) is 0 Å². The Hall–Kier alpha value is -2.76. The summed E-state index contributed by atoms with van der Waals surface area (Å²) in [5.41, 5.74) is 3.59. The molecule has 1 amide bonds. The van der Waals surface area contributed by atoms with Crippen molar-refractivity contribution in [2.75, 3.05) is 5.32 Å². The molecule has 0 aliphatic heterocycles. The van der Waals surface area contributed by atoms with Gasteiger partial charge < -0.3 is 9.88 Å². The largest absolute Gasteiger partial charge is 0.325 e. The number of amides is 1. The third kappa shape index (κ3) is 3.06. The van der Waals surface area contributed by atoms with Crippen molar-refractivity contribution in [3.8, 4) is 0 Å². The lowest BCUT2D eigenvalue weighted by atomic mass is 10.1. The smallest absolute Gasteiger partial charge is 0.244 e. The minimum atomic E-state index is -0.964. The van der Waals surface area contributed by atoms with Crippen molar-refractivity contribution in [3.05, 3.63) is 59.4 Å². The van der Waals surface area contributed by atoms with Gasteiger partial charge in [0.05, 0.1) is 17.4 Å². The molecule has 4 nitrogen and oxygen atoms in total. The number of aromatic nitrogens is 2. The lowest BCUT2D eigenvalue weighted by Gasteiger charge is -2.09. The highest BCUT2D eigenvalue weighted by Gasteiger charge is 2.11. The van der Waals surface area contributed by atoms with Crippen LogP contribution in [0.5, 0.6) is 0 Å². The van der Waals surface area contributed by atoms with Crippen LogP contribution in [0, 0.1) is 25.5 Å². The molecule has 0 radical (unpaired) electrons. The molecule has 0 bridgehead atoms. The van der Waals surface area contributed by atoms with Gasteiger partial charge in [0.15, 0.2) is 11.6 Å². The number of aryl methyl sites for hydroxylation is 2. The van der Waals surface area contributed by atoms with Crippen molar-refractivity contribution in [3.63, 3.8) is 0 Å². The van der Waals surface area contributed by atoms with E-state index in [4.69, 9.17) is 0 Å². The van der Waals surface area contributed by atoms with Crippen LogP contribution in [0.3, 0.4) is 0 Å². The fourth-order valence-corrected chi connectivity index (χ4v) is 2.35. The number of nitrogens with one attached hydrogen (secondary N) is 1. The SMILES string of the molecule is Cc1ccc(NC(=O)Cn2cnc3cc(F)c(F)cc32)cc1C. The fraction of sp³-hybridized carbons (Fsp3) is 0.176. The lowest BCUT2D eigenvalue weighted by molar-refractivity contribution is -0.116. The number of hydrogen-bond donors (Lipinski definition) is 1. The van der Waals surface area contributed by atoms with Gasteiger partial charge in [0.25, 0.3) is 0 Å². The van der Waals surface area contributed by atoms with Crippen LogP contribution in [0.4, 0.5) is 14.5 Å². The number of benzene rings is 2. The monoisotopic (exact) mass is 315 g/mol. The first kappa shape index (κ1) is 15.1. The van der Waals surface area contributed by atoms with E-state index < -0.39 is 11.6 Å². The van der Waals surface area contributed by atoms with Gasteiger partial charge in [-0.05, 0) is 37.1 Å². The highest BCUT2D eigenvalue weighted by Crippen LogP contribution is 2.18. The second-order valence-corrected chi connectivity index (χ2v) is 5.47. The molecule has 0 aliphatic rings. The van der Waals surface area contributed by atoms with Gasteiger partial charge in [-0.25, -0.2) is 13.8 Å². The summed E-state index contributed by atoms with van der Waals surface area (Å²) >= 11 is 0. The molecular weight excluding hydrogens is 300 g/mol. The van der Waals surface area contributed by atoms with Crippen molar-refractivity contribution in [2.45, 2.75) is 20.4 Å². The number of anilines is 1. The van der Waals surface area contributed by atoms with E-state index in [9.17, 15) is 13.6 Å². The number of carbonyl (C=O) groups is 1. The highest BCUT2D eigenvalue weighted by atomic mass is 19.2. The normalized spacial score (nSPS) is 11.0. The maximum absolute atomic E-state index is 13.4. The Bertz CT molecular complexity index is 902. The van der Waals surface area contributed by atoms with Crippen molar-refractivity contribution >= 4 is 22.6 Å². The number of rotatable bonds is 3. The molecule has 3 aromatic rings. The van der Waals surface area contributed by atoms with Crippen LogP contribution in [0.2, 0.25) is 0 Å². The number of fused-ring (bicyclic) bond motifs is 1. The maximum Gasteiger partial charge on any atom is 0.244 e. The molecule has 0 unspecified atom stereocenters. The molecule has 1 heterocycles. The van der Waals surface area contributed by atoms with E-state index in [2.05, 4.69) is 10.3 Å². The molecule has 118 valence electrons. The first-order chi connectivity index (χ1) is 10.9. The predicted molar refractivity (Wildman–Crippen MR) is 84.2 cm³/mol. The summed E-state index contributed by atoms with van der Waals surface area (Å²) in [5.74, 6) is -2.19. The zero-order chi connectivity index (χ0) is 16.6. The third-order valence-electron chi connectivity index (χ3n) is 3.77. The number of halogens is 2. The standard InChI is InChI=1S/C17H15F2N3O/c1-10-3-4-12(5-11(10)2)21-17(23)8-22-9-20-15-6-13(18)14(19)7-16(15)22/h3-7,9H,8H2,1-2H3,(H,21,23). The summed E-state index contributed by atoms with van der Waals surface area (Å²) in [6, 6.07) is 7.69. The Morgan fingerprint density at radius 1 is 1.13 bits per heavy atom. The van der Waals surface area contributed by atoms with Crippen LogP contribution < -0.4 is 5.32 Å². The highest BCUT2D eigenvalue weighted by molar-refractivity contribution is 5.91. The van der Waals surface area contributed by atoms with Gasteiger partial charge in [-0.2, -0.15) is 0 Å². The van der Waals surface area contributed by atoms with Gasteiger partial charge in [0.1, 0.15) is 6.54 Å². The molecule has 1 N–H and O–H groups in total. The molecule has 0 atom stereocenters. The summed E-state index contributed by atoms with van der Waals surface area (Å²) in [7, 11) is 0. The molecule has 2 aromatic carbocycles. The fourth-order valence-electron chi connectivity index (χ4n) is 2.35. The van der Waals surface area contributed by atoms with Gasteiger partial charge in [0.2, 0.25) is 5.91 Å². The van der Waals surface area contributed by atoms with Crippen LogP contribution in [-0.4, -0.2) is 15.5 Å². The topological polar surface area (TPSA) is 46.9 Å².